The van der Waals surface area contributed by atoms with E-state index >= 15 is 0 Å². The topological polar surface area (TPSA) is 58.4 Å². The van der Waals surface area contributed by atoms with Gasteiger partial charge in [0.2, 0.25) is 5.91 Å². The Morgan fingerprint density at radius 3 is 2.58 bits per heavy atom. The Balaban J connectivity index is 0.00000336. The number of carbonyl (C=O) groups excluding carboxylic acids is 1. The number of nitrogens with one attached hydrogen (secondary N) is 1. The molecule has 5 nitrogen and oxygen atoms in total. The molecule has 0 atom stereocenters. The first-order valence-electron chi connectivity index (χ1n) is 13.5. The van der Waals surface area contributed by atoms with Gasteiger partial charge in [0.1, 0.15) is 5.82 Å². The third kappa shape index (κ3) is 7.33. The van der Waals surface area contributed by atoms with Crippen LogP contribution in [0.1, 0.15) is 54.5 Å². The molecule has 1 fully saturated rings. The van der Waals surface area contributed by atoms with Crippen LogP contribution in [0.15, 0.2) is 59.1 Å². The average Bonchev–Trinajstić information content (AvgIpc) is 3.24. The monoisotopic (exact) mass is 537 g/mol. The summed E-state index contributed by atoms with van der Waals surface area (Å²) < 4.78 is 19.2. The van der Waals surface area contributed by atoms with Crippen LogP contribution in [0.5, 0.6) is 0 Å². The van der Waals surface area contributed by atoms with Crippen LogP contribution in [0.3, 0.4) is 0 Å². The summed E-state index contributed by atoms with van der Waals surface area (Å²) in [5.41, 5.74) is 5.32. The van der Waals surface area contributed by atoms with Gasteiger partial charge in [0.15, 0.2) is 5.76 Å². The molecule has 3 aromatic rings. The van der Waals surface area contributed by atoms with Crippen molar-refractivity contribution in [3.63, 3.8) is 0 Å². The number of nitrogens with zero attached hydrogens (tertiary/aromatic N) is 2. The molecule has 1 saturated carbocycles. The van der Waals surface area contributed by atoms with E-state index in [4.69, 9.17) is 4.52 Å². The molecule has 2 aromatic carbocycles. The lowest BCUT2D eigenvalue weighted by Crippen LogP contribution is -2.37. The highest BCUT2D eigenvalue weighted by Crippen LogP contribution is 2.29. The van der Waals surface area contributed by atoms with Gasteiger partial charge in [-0.3, -0.25) is 4.79 Å². The highest BCUT2D eigenvalue weighted by molar-refractivity contribution is 5.91. The molecular formula is C31H37ClFN3O2. The first-order chi connectivity index (χ1) is 18.0. The molecule has 202 valence electrons. The maximum Gasteiger partial charge on any atom is 0.244 e. The number of fused-ring (bicyclic) bond motifs is 1. The quantitative estimate of drug-likeness (QED) is 0.355. The van der Waals surface area contributed by atoms with Crippen molar-refractivity contribution in [3.8, 4) is 11.3 Å². The van der Waals surface area contributed by atoms with Crippen molar-refractivity contribution in [2.45, 2.75) is 57.9 Å². The third-order valence-electron chi connectivity index (χ3n) is 7.88. The highest BCUT2D eigenvalue weighted by Gasteiger charge is 2.23. The Morgan fingerprint density at radius 1 is 1.08 bits per heavy atom. The van der Waals surface area contributed by atoms with E-state index in [0.29, 0.717) is 11.5 Å². The Kier molecular flexibility index (Phi) is 9.75. The van der Waals surface area contributed by atoms with E-state index in [0.717, 1.165) is 75.2 Å². The summed E-state index contributed by atoms with van der Waals surface area (Å²) in [7, 11) is 0. The zero-order chi connectivity index (χ0) is 25.6. The van der Waals surface area contributed by atoms with Crippen LogP contribution in [0.25, 0.3) is 17.4 Å². The molecule has 0 bridgehead atoms. The van der Waals surface area contributed by atoms with Gasteiger partial charge in [-0.1, -0.05) is 35.5 Å². The van der Waals surface area contributed by atoms with E-state index in [-0.39, 0.29) is 30.2 Å². The van der Waals surface area contributed by atoms with Crippen LogP contribution in [-0.2, 0) is 17.6 Å². The van der Waals surface area contributed by atoms with Gasteiger partial charge in [-0.15, -0.1) is 12.4 Å². The minimum atomic E-state index is -0.313. The van der Waals surface area contributed by atoms with Gasteiger partial charge in [-0.05, 0) is 93.7 Å². The zero-order valence-electron chi connectivity index (χ0n) is 22.0. The molecule has 2 heterocycles. The van der Waals surface area contributed by atoms with Crippen LogP contribution in [0.4, 0.5) is 4.39 Å². The van der Waals surface area contributed by atoms with E-state index in [1.807, 2.05) is 13.0 Å². The number of amides is 1. The standard InChI is InChI=1S/C31H36FN3O2.ClH/c1-22-20-30(37-34-22)27-9-8-24-15-18-35(19-16-26(24)21-27)17-14-23-6-11-28(12-7-23)33-31(36)13-10-25-4-2-3-5-29(25)32;/h2-5,8-10,13,20-21,23,28H,6-7,11-12,14-19H2,1H3,(H,33,36);1H/b13-10+;. The fraction of sp³-hybridized carbons (Fsp3) is 0.419. The molecule has 0 unspecified atom stereocenters. The van der Waals surface area contributed by atoms with Gasteiger partial charge in [0.25, 0.3) is 0 Å². The highest BCUT2D eigenvalue weighted by atomic mass is 35.5. The van der Waals surface area contributed by atoms with Crippen LogP contribution in [0, 0.1) is 18.7 Å². The maximum atomic E-state index is 13.7. The Labute approximate surface area is 230 Å². The number of hydrogen-bond acceptors (Lipinski definition) is 4. The van der Waals surface area contributed by atoms with Crippen molar-refractivity contribution >= 4 is 24.4 Å². The minimum absolute atomic E-state index is 0. The maximum absolute atomic E-state index is 13.7. The predicted molar refractivity (Wildman–Crippen MR) is 152 cm³/mol. The lowest BCUT2D eigenvalue weighted by Gasteiger charge is -2.30. The lowest BCUT2D eigenvalue weighted by atomic mass is 9.84. The van der Waals surface area contributed by atoms with Gasteiger partial charge < -0.3 is 14.7 Å². The SMILES string of the molecule is Cc1cc(-c2ccc3c(c2)CCN(CCC2CCC(NC(=O)/C=C/c4ccccc4F)CC2)CC3)on1.Cl. The summed E-state index contributed by atoms with van der Waals surface area (Å²) in [5, 5.41) is 7.13. The molecule has 38 heavy (non-hydrogen) atoms. The first-order valence-corrected chi connectivity index (χ1v) is 13.5. The number of rotatable bonds is 7. The molecular weight excluding hydrogens is 501 g/mol. The number of aryl methyl sites for hydroxylation is 1. The van der Waals surface area contributed by atoms with Crippen molar-refractivity contribution in [2.75, 3.05) is 19.6 Å². The van der Waals surface area contributed by atoms with Gasteiger partial charge in [0.05, 0.1) is 5.69 Å². The third-order valence-corrected chi connectivity index (χ3v) is 7.88. The van der Waals surface area contributed by atoms with Crippen molar-refractivity contribution in [3.05, 3.63) is 82.8 Å². The smallest absolute Gasteiger partial charge is 0.244 e. The zero-order valence-corrected chi connectivity index (χ0v) is 22.8. The van der Waals surface area contributed by atoms with Crippen molar-refractivity contribution in [1.29, 1.82) is 0 Å². The van der Waals surface area contributed by atoms with Gasteiger partial charge in [-0.2, -0.15) is 0 Å². The molecule has 2 aliphatic rings. The molecule has 7 heteroatoms. The Hall–Kier alpha value is -2.96. The van der Waals surface area contributed by atoms with E-state index in [1.54, 1.807) is 24.3 Å². The largest absolute Gasteiger partial charge is 0.356 e. The summed E-state index contributed by atoms with van der Waals surface area (Å²) in [6, 6.07) is 15.4. The number of aromatic nitrogens is 1. The van der Waals surface area contributed by atoms with Gasteiger partial charge in [0, 0.05) is 42.4 Å². The summed E-state index contributed by atoms with van der Waals surface area (Å²) in [4.78, 5) is 14.9. The fourth-order valence-electron chi connectivity index (χ4n) is 5.63. The van der Waals surface area contributed by atoms with Crippen LogP contribution in [0.2, 0.25) is 0 Å². The normalized spacial score (nSPS) is 19.9. The predicted octanol–water partition coefficient (Wildman–Crippen LogP) is 6.39. The Bertz CT molecular complexity index is 1250. The van der Waals surface area contributed by atoms with Crippen molar-refractivity contribution in [2.24, 2.45) is 5.92 Å². The average molecular weight is 538 g/mol. The molecule has 1 aliphatic heterocycles. The minimum Gasteiger partial charge on any atom is -0.356 e. The van der Waals surface area contributed by atoms with Crippen molar-refractivity contribution < 1.29 is 13.7 Å². The molecule has 1 amide bonds. The number of halogens is 2. The molecule has 5 rings (SSSR count). The number of benzene rings is 2. The molecule has 1 N–H and O–H groups in total. The molecule has 1 aliphatic carbocycles. The summed E-state index contributed by atoms with van der Waals surface area (Å²) >= 11 is 0. The van der Waals surface area contributed by atoms with E-state index in [1.165, 1.54) is 29.7 Å². The molecule has 0 radical (unpaired) electrons. The molecule has 1 aromatic heterocycles. The molecule has 0 saturated heterocycles. The summed E-state index contributed by atoms with van der Waals surface area (Å²) in [5.74, 6) is 1.10. The number of hydrogen-bond donors (Lipinski definition) is 1. The number of carbonyl (C=O) groups is 1. The second-order valence-corrected chi connectivity index (χ2v) is 10.5. The van der Waals surface area contributed by atoms with E-state index in [9.17, 15) is 9.18 Å². The molecule has 0 spiro atoms. The van der Waals surface area contributed by atoms with E-state index in [2.05, 4.69) is 33.6 Å². The second kappa shape index (κ2) is 13.2. The van der Waals surface area contributed by atoms with Crippen molar-refractivity contribution in [1.82, 2.24) is 15.4 Å². The Morgan fingerprint density at radius 2 is 1.84 bits per heavy atom. The second-order valence-electron chi connectivity index (χ2n) is 10.5. The lowest BCUT2D eigenvalue weighted by molar-refractivity contribution is -0.117. The van der Waals surface area contributed by atoms with Gasteiger partial charge >= 0.3 is 0 Å². The fourth-order valence-corrected chi connectivity index (χ4v) is 5.63. The van der Waals surface area contributed by atoms with Crippen LogP contribution < -0.4 is 5.32 Å². The van der Waals surface area contributed by atoms with Crippen LogP contribution >= 0.6 is 12.4 Å². The van der Waals surface area contributed by atoms with Gasteiger partial charge in [-0.25, -0.2) is 4.39 Å². The first kappa shape index (κ1) is 28.1. The summed E-state index contributed by atoms with van der Waals surface area (Å²) in [6.07, 6.45) is 10.7. The van der Waals surface area contributed by atoms with Crippen LogP contribution in [-0.4, -0.2) is 41.6 Å². The van der Waals surface area contributed by atoms with E-state index < -0.39 is 0 Å². The summed E-state index contributed by atoms with van der Waals surface area (Å²) in [6.45, 7) is 5.28.